The van der Waals surface area contributed by atoms with E-state index in [9.17, 15) is 9.59 Å². The molecule has 0 saturated heterocycles. The number of carbonyl (C=O) groups is 1. The molecule has 0 spiro atoms. The SMILES string of the molecule is O=C(O)c1ccc2nc(Cc3ccc(Cl)c(Cl)c3)[nH]c(=O)c2c1. The number of hydrogen-bond donors (Lipinski definition) is 2. The Morgan fingerprint density at radius 1 is 1.13 bits per heavy atom. The number of nitrogens with zero attached hydrogens (tertiary/aromatic N) is 1. The minimum atomic E-state index is -1.09. The average molecular weight is 349 g/mol. The van der Waals surface area contributed by atoms with Gasteiger partial charge >= 0.3 is 5.97 Å². The zero-order valence-corrected chi connectivity index (χ0v) is 13.1. The molecule has 0 atom stereocenters. The maximum Gasteiger partial charge on any atom is 0.335 e. The number of aromatic carboxylic acids is 1. The van der Waals surface area contributed by atoms with Gasteiger partial charge in [0.1, 0.15) is 5.82 Å². The van der Waals surface area contributed by atoms with Gasteiger partial charge in [0.15, 0.2) is 0 Å². The quantitative estimate of drug-likeness (QED) is 0.758. The van der Waals surface area contributed by atoms with Crippen LogP contribution in [0, 0.1) is 0 Å². The molecule has 0 radical (unpaired) electrons. The Morgan fingerprint density at radius 3 is 2.61 bits per heavy atom. The Morgan fingerprint density at radius 2 is 1.91 bits per heavy atom. The van der Waals surface area contributed by atoms with Gasteiger partial charge in [-0.15, -0.1) is 0 Å². The summed E-state index contributed by atoms with van der Waals surface area (Å²) >= 11 is 11.8. The van der Waals surface area contributed by atoms with E-state index < -0.39 is 5.97 Å². The molecule has 116 valence electrons. The Bertz CT molecular complexity index is 983. The molecule has 1 aromatic heterocycles. The van der Waals surface area contributed by atoms with Gasteiger partial charge in [-0.25, -0.2) is 9.78 Å². The zero-order valence-electron chi connectivity index (χ0n) is 11.6. The molecule has 3 rings (SSSR count). The highest BCUT2D eigenvalue weighted by Gasteiger charge is 2.09. The minimum Gasteiger partial charge on any atom is -0.478 e. The number of aromatic nitrogens is 2. The van der Waals surface area contributed by atoms with E-state index in [0.29, 0.717) is 27.8 Å². The van der Waals surface area contributed by atoms with Crippen LogP contribution < -0.4 is 5.56 Å². The van der Waals surface area contributed by atoms with Crippen LogP contribution in [0.4, 0.5) is 0 Å². The number of fused-ring (bicyclic) bond motifs is 1. The third-order valence-electron chi connectivity index (χ3n) is 3.36. The molecule has 0 aliphatic carbocycles. The van der Waals surface area contributed by atoms with Crippen LogP contribution in [0.3, 0.4) is 0 Å². The number of carboxylic acids is 1. The fraction of sp³-hybridized carbons (Fsp3) is 0.0625. The fourth-order valence-corrected chi connectivity index (χ4v) is 2.57. The van der Waals surface area contributed by atoms with E-state index in [1.807, 2.05) is 0 Å². The van der Waals surface area contributed by atoms with Crippen molar-refractivity contribution in [3.8, 4) is 0 Å². The van der Waals surface area contributed by atoms with Gasteiger partial charge in [0.05, 0.1) is 26.5 Å². The second-order valence-corrected chi connectivity index (χ2v) is 5.79. The number of nitrogens with one attached hydrogen (secondary N) is 1. The van der Waals surface area contributed by atoms with E-state index in [4.69, 9.17) is 28.3 Å². The number of hydrogen-bond acceptors (Lipinski definition) is 3. The van der Waals surface area contributed by atoms with Gasteiger partial charge in [-0.1, -0.05) is 29.3 Å². The third kappa shape index (κ3) is 3.21. The molecule has 0 saturated carbocycles. The molecule has 0 fully saturated rings. The summed E-state index contributed by atoms with van der Waals surface area (Å²) in [5, 5.41) is 10.1. The molecule has 0 aliphatic rings. The Labute approximate surface area is 140 Å². The van der Waals surface area contributed by atoms with Gasteiger partial charge in [-0.3, -0.25) is 4.79 Å². The van der Waals surface area contributed by atoms with Crippen LogP contribution in [-0.4, -0.2) is 21.0 Å². The van der Waals surface area contributed by atoms with E-state index in [-0.39, 0.29) is 16.5 Å². The molecule has 0 amide bonds. The molecule has 23 heavy (non-hydrogen) atoms. The predicted octanol–water partition coefficient (Wildman–Crippen LogP) is 3.52. The van der Waals surface area contributed by atoms with Crippen LogP contribution in [0.25, 0.3) is 10.9 Å². The molecular formula is C16H10Cl2N2O3. The van der Waals surface area contributed by atoms with Crippen molar-refractivity contribution in [1.29, 1.82) is 0 Å². The predicted molar refractivity (Wildman–Crippen MR) is 88.6 cm³/mol. The number of H-pyrrole nitrogens is 1. The van der Waals surface area contributed by atoms with Crippen molar-refractivity contribution in [1.82, 2.24) is 9.97 Å². The summed E-state index contributed by atoms with van der Waals surface area (Å²) in [4.78, 5) is 30.1. The Kier molecular flexibility index (Phi) is 4.07. The van der Waals surface area contributed by atoms with E-state index in [2.05, 4.69) is 9.97 Å². The Balaban J connectivity index is 2.02. The van der Waals surface area contributed by atoms with Crippen molar-refractivity contribution < 1.29 is 9.90 Å². The second-order valence-electron chi connectivity index (χ2n) is 4.97. The largest absolute Gasteiger partial charge is 0.478 e. The standard InChI is InChI=1S/C16H10Cl2N2O3/c17-11-3-1-8(5-12(11)18)6-14-19-13-4-2-9(16(22)23)7-10(13)15(21)20-14/h1-5,7H,6H2,(H,22,23)(H,19,20,21). The van der Waals surface area contributed by atoms with Crippen molar-refractivity contribution in [3.63, 3.8) is 0 Å². The summed E-state index contributed by atoms with van der Waals surface area (Å²) in [5.74, 6) is -0.629. The molecule has 0 aliphatic heterocycles. The van der Waals surface area contributed by atoms with Crippen LogP contribution in [0.2, 0.25) is 10.0 Å². The summed E-state index contributed by atoms with van der Waals surface area (Å²) in [6.07, 6.45) is 0.378. The summed E-state index contributed by atoms with van der Waals surface area (Å²) in [6.45, 7) is 0. The lowest BCUT2D eigenvalue weighted by molar-refractivity contribution is 0.0697. The van der Waals surface area contributed by atoms with Gasteiger partial charge < -0.3 is 10.1 Å². The van der Waals surface area contributed by atoms with Crippen molar-refractivity contribution >= 4 is 40.1 Å². The first-order valence-corrected chi connectivity index (χ1v) is 7.40. The molecule has 5 nitrogen and oxygen atoms in total. The Hall–Kier alpha value is -2.37. The normalized spacial score (nSPS) is 10.9. The van der Waals surface area contributed by atoms with E-state index in [0.717, 1.165) is 5.56 Å². The van der Waals surface area contributed by atoms with Gasteiger partial charge in [0.2, 0.25) is 0 Å². The average Bonchev–Trinajstić information content (AvgIpc) is 2.50. The van der Waals surface area contributed by atoms with Crippen LogP contribution in [0.1, 0.15) is 21.7 Å². The van der Waals surface area contributed by atoms with Gasteiger partial charge in [-0.2, -0.15) is 0 Å². The number of benzene rings is 2. The van der Waals surface area contributed by atoms with Crippen molar-refractivity contribution in [3.05, 3.63) is 73.7 Å². The number of rotatable bonds is 3. The highest BCUT2D eigenvalue weighted by atomic mass is 35.5. The first-order chi connectivity index (χ1) is 10.9. The lowest BCUT2D eigenvalue weighted by Gasteiger charge is -2.05. The lowest BCUT2D eigenvalue weighted by atomic mass is 10.1. The smallest absolute Gasteiger partial charge is 0.335 e. The molecule has 2 aromatic carbocycles. The third-order valence-corrected chi connectivity index (χ3v) is 4.10. The van der Waals surface area contributed by atoms with E-state index in [1.165, 1.54) is 18.2 Å². The molecule has 0 bridgehead atoms. The van der Waals surface area contributed by atoms with Crippen LogP contribution in [-0.2, 0) is 6.42 Å². The summed E-state index contributed by atoms with van der Waals surface area (Å²) < 4.78 is 0. The monoisotopic (exact) mass is 348 g/mol. The summed E-state index contributed by atoms with van der Waals surface area (Å²) in [5.41, 5.74) is 0.952. The number of carboxylic acid groups (broad SMARTS) is 1. The lowest BCUT2D eigenvalue weighted by Crippen LogP contribution is -2.13. The van der Waals surface area contributed by atoms with Crippen LogP contribution in [0.5, 0.6) is 0 Å². The maximum atomic E-state index is 12.1. The molecule has 0 unspecified atom stereocenters. The number of aromatic amines is 1. The number of halogens is 2. The molecule has 1 heterocycles. The summed E-state index contributed by atoms with van der Waals surface area (Å²) in [6, 6.07) is 9.43. The molecular weight excluding hydrogens is 339 g/mol. The van der Waals surface area contributed by atoms with E-state index >= 15 is 0 Å². The maximum absolute atomic E-state index is 12.1. The zero-order chi connectivity index (χ0) is 16.6. The fourth-order valence-electron chi connectivity index (χ4n) is 2.25. The van der Waals surface area contributed by atoms with E-state index in [1.54, 1.807) is 18.2 Å². The van der Waals surface area contributed by atoms with Crippen LogP contribution in [0.15, 0.2) is 41.2 Å². The van der Waals surface area contributed by atoms with Crippen molar-refractivity contribution in [2.45, 2.75) is 6.42 Å². The highest BCUT2D eigenvalue weighted by Crippen LogP contribution is 2.23. The topological polar surface area (TPSA) is 83.0 Å². The first kappa shape index (κ1) is 15.5. The van der Waals surface area contributed by atoms with Crippen LogP contribution >= 0.6 is 23.2 Å². The van der Waals surface area contributed by atoms with Crippen molar-refractivity contribution in [2.75, 3.05) is 0 Å². The van der Waals surface area contributed by atoms with Gasteiger partial charge in [0, 0.05) is 6.42 Å². The molecule has 7 heteroatoms. The molecule has 3 aromatic rings. The van der Waals surface area contributed by atoms with Gasteiger partial charge in [-0.05, 0) is 35.9 Å². The second kappa shape index (κ2) is 6.02. The van der Waals surface area contributed by atoms with Crippen molar-refractivity contribution in [2.24, 2.45) is 0 Å². The summed E-state index contributed by atoms with van der Waals surface area (Å²) in [7, 11) is 0. The molecule has 2 N–H and O–H groups in total. The highest BCUT2D eigenvalue weighted by molar-refractivity contribution is 6.42. The first-order valence-electron chi connectivity index (χ1n) is 6.64. The van der Waals surface area contributed by atoms with Gasteiger partial charge in [0.25, 0.3) is 5.56 Å². The minimum absolute atomic E-state index is 0.0435.